The van der Waals surface area contributed by atoms with Crippen LogP contribution < -0.4 is 0 Å². The summed E-state index contributed by atoms with van der Waals surface area (Å²) in [5.74, 6) is 1.28. The minimum Gasteiger partial charge on any atom is -0.261 e. The van der Waals surface area contributed by atoms with E-state index < -0.39 is 0 Å². The molecule has 0 unspecified atom stereocenters. The van der Waals surface area contributed by atoms with Crippen molar-refractivity contribution in [3.8, 4) is 0 Å². The van der Waals surface area contributed by atoms with Crippen molar-refractivity contribution in [2.45, 2.75) is 31.1 Å². The third-order valence-electron chi connectivity index (χ3n) is 2.21. The lowest BCUT2D eigenvalue weighted by Crippen LogP contribution is -2.00. The number of nitrogens with zero attached hydrogens (tertiary/aromatic N) is 1. The van der Waals surface area contributed by atoms with E-state index in [1.165, 1.54) is 34.7 Å². The van der Waals surface area contributed by atoms with Gasteiger partial charge >= 0.3 is 0 Å². The number of hydrogen-bond acceptors (Lipinski definition) is 2. The van der Waals surface area contributed by atoms with Crippen LogP contribution in [0.5, 0.6) is 0 Å². The van der Waals surface area contributed by atoms with Crippen LogP contribution in [0.3, 0.4) is 0 Å². The molecule has 2 rings (SSSR count). The fraction of sp³-hybridized carbons (Fsp3) is 0.500. The Bertz CT molecular complexity index is 283. The maximum absolute atomic E-state index is 4.40. The van der Waals surface area contributed by atoms with Crippen molar-refractivity contribution in [3.63, 3.8) is 0 Å². The molecule has 0 amide bonds. The zero-order valence-electron chi connectivity index (χ0n) is 7.34. The summed E-state index contributed by atoms with van der Waals surface area (Å²) in [7, 11) is 0. The topological polar surface area (TPSA) is 12.9 Å². The average Bonchev–Trinajstić information content (AvgIpc) is 2.17. The number of pyridine rings is 1. The summed E-state index contributed by atoms with van der Waals surface area (Å²) in [6.07, 6.45) is 5.64. The Morgan fingerprint density at radius 1 is 1.58 bits per heavy atom. The zero-order chi connectivity index (χ0) is 8.39. The quantitative estimate of drug-likeness (QED) is 0.657. The molecule has 0 aliphatic carbocycles. The smallest absolute Gasteiger partial charge is 0.0412 e. The van der Waals surface area contributed by atoms with Gasteiger partial charge in [-0.05, 0) is 36.6 Å². The minimum absolute atomic E-state index is 1.05. The molecular weight excluding hydrogens is 166 g/mol. The Morgan fingerprint density at radius 3 is 3.33 bits per heavy atom. The molecule has 0 spiro atoms. The molecule has 1 aromatic heterocycles. The van der Waals surface area contributed by atoms with Crippen molar-refractivity contribution in [2.24, 2.45) is 0 Å². The highest BCUT2D eigenvalue weighted by Gasteiger charge is 2.09. The molecule has 0 fully saturated rings. The van der Waals surface area contributed by atoms with Crippen molar-refractivity contribution in [2.75, 3.05) is 5.75 Å². The maximum atomic E-state index is 4.40. The lowest BCUT2D eigenvalue weighted by atomic mass is 10.1. The molecule has 0 radical (unpaired) electrons. The Morgan fingerprint density at radius 2 is 2.50 bits per heavy atom. The molecule has 2 heterocycles. The second kappa shape index (κ2) is 3.48. The van der Waals surface area contributed by atoms with Crippen LogP contribution in [0.2, 0.25) is 0 Å². The van der Waals surface area contributed by atoms with Crippen molar-refractivity contribution in [1.29, 1.82) is 0 Å². The maximum Gasteiger partial charge on any atom is 0.0412 e. The third-order valence-corrected chi connectivity index (χ3v) is 3.39. The highest BCUT2D eigenvalue weighted by molar-refractivity contribution is 7.99. The van der Waals surface area contributed by atoms with Crippen LogP contribution in [-0.4, -0.2) is 10.7 Å². The number of fused-ring (bicyclic) bond motifs is 1. The van der Waals surface area contributed by atoms with Crippen LogP contribution in [0.25, 0.3) is 0 Å². The van der Waals surface area contributed by atoms with Gasteiger partial charge in [-0.2, -0.15) is 0 Å². The van der Waals surface area contributed by atoms with Gasteiger partial charge in [0.25, 0.3) is 0 Å². The standard InChI is InChI=1S/C10H13NS/c1-2-9-6-10-8(7-11-9)4-3-5-12-10/h6-7H,2-5H2,1H3. The largest absolute Gasteiger partial charge is 0.261 e. The number of aryl methyl sites for hydroxylation is 2. The van der Waals surface area contributed by atoms with Crippen molar-refractivity contribution in [3.05, 3.63) is 23.5 Å². The Balaban J connectivity index is 2.36. The first-order valence-electron chi connectivity index (χ1n) is 4.50. The number of hydrogen-bond donors (Lipinski definition) is 0. The highest BCUT2D eigenvalue weighted by atomic mass is 32.2. The summed E-state index contributed by atoms with van der Waals surface area (Å²) in [4.78, 5) is 5.86. The normalized spacial score (nSPS) is 15.8. The molecule has 0 saturated heterocycles. The summed E-state index contributed by atoms with van der Waals surface area (Å²) >= 11 is 1.98. The van der Waals surface area contributed by atoms with Gasteiger partial charge in [0.15, 0.2) is 0 Å². The molecule has 0 saturated carbocycles. The highest BCUT2D eigenvalue weighted by Crippen LogP contribution is 2.29. The van der Waals surface area contributed by atoms with E-state index >= 15 is 0 Å². The first-order chi connectivity index (χ1) is 5.90. The van der Waals surface area contributed by atoms with Gasteiger partial charge in [0, 0.05) is 16.8 Å². The van der Waals surface area contributed by atoms with E-state index in [-0.39, 0.29) is 0 Å². The average molecular weight is 179 g/mol. The van der Waals surface area contributed by atoms with Crippen LogP contribution in [0.15, 0.2) is 17.2 Å². The molecule has 12 heavy (non-hydrogen) atoms. The summed E-state index contributed by atoms with van der Waals surface area (Å²) in [6, 6.07) is 2.25. The van der Waals surface area contributed by atoms with Gasteiger partial charge < -0.3 is 0 Å². The van der Waals surface area contributed by atoms with E-state index in [1.807, 2.05) is 11.8 Å². The zero-order valence-corrected chi connectivity index (χ0v) is 8.16. The van der Waals surface area contributed by atoms with E-state index in [0.29, 0.717) is 0 Å². The van der Waals surface area contributed by atoms with E-state index in [1.54, 1.807) is 0 Å². The van der Waals surface area contributed by atoms with Gasteiger partial charge in [-0.1, -0.05) is 6.92 Å². The molecule has 0 bridgehead atoms. The van der Waals surface area contributed by atoms with Crippen molar-refractivity contribution < 1.29 is 0 Å². The number of thioether (sulfide) groups is 1. The SMILES string of the molecule is CCc1cc2c(cn1)CCCS2. The Labute approximate surface area is 77.6 Å². The van der Waals surface area contributed by atoms with Gasteiger partial charge in [0.2, 0.25) is 0 Å². The van der Waals surface area contributed by atoms with E-state index in [0.717, 1.165) is 6.42 Å². The van der Waals surface area contributed by atoms with Gasteiger partial charge in [0.1, 0.15) is 0 Å². The first kappa shape index (κ1) is 8.11. The Hall–Kier alpha value is -0.500. The minimum atomic E-state index is 1.05. The number of rotatable bonds is 1. The van der Waals surface area contributed by atoms with Crippen molar-refractivity contribution in [1.82, 2.24) is 4.98 Å². The third kappa shape index (κ3) is 1.48. The molecule has 0 atom stereocenters. The summed E-state index contributed by atoms with van der Waals surface area (Å²) in [5.41, 5.74) is 2.67. The molecule has 1 aliphatic heterocycles. The molecule has 1 aromatic rings. The van der Waals surface area contributed by atoms with E-state index in [2.05, 4.69) is 24.2 Å². The second-order valence-corrected chi connectivity index (χ2v) is 4.23. The van der Waals surface area contributed by atoms with Crippen molar-refractivity contribution >= 4 is 11.8 Å². The molecule has 1 aliphatic rings. The molecule has 64 valence electrons. The predicted molar refractivity (Wildman–Crippen MR) is 52.7 cm³/mol. The van der Waals surface area contributed by atoms with Crippen LogP contribution in [0, 0.1) is 0 Å². The van der Waals surface area contributed by atoms with Crippen LogP contribution >= 0.6 is 11.8 Å². The van der Waals surface area contributed by atoms with Crippen LogP contribution in [0.1, 0.15) is 24.6 Å². The predicted octanol–water partition coefficient (Wildman–Crippen LogP) is 2.68. The first-order valence-corrected chi connectivity index (χ1v) is 5.49. The lowest BCUT2D eigenvalue weighted by molar-refractivity contribution is 0.865. The molecular formula is C10H13NS. The second-order valence-electron chi connectivity index (χ2n) is 3.09. The molecule has 0 aromatic carbocycles. The van der Waals surface area contributed by atoms with Gasteiger partial charge in [-0.25, -0.2) is 0 Å². The monoisotopic (exact) mass is 179 g/mol. The number of aromatic nitrogens is 1. The molecule has 0 N–H and O–H groups in total. The summed E-state index contributed by atoms with van der Waals surface area (Å²) in [6.45, 7) is 2.15. The fourth-order valence-electron chi connectivity index (χ4n) is 1.47. The molecule has 2 heteroatoms. The summed E-state index contributed by atoms with van der Waals surface area (Å²) in [5, 5.41) is 0. The van der Waals surface area contributed by atoms with Gasteiger partial charge in [-0.15, -0.1) is 11.8 Å². The molecule has 1 nitrogen and oxygen atoms in total. The summed E-state index contributed by atoms with van der Waals surface area (Å²) < 4.78 is 0. The fourth-order valence-corrected chi connectivity index (χ4v) is 2.53. The van der Waals surface area contributed by atoms with Gasteiger partial charge in [0.05, 0.1) is 0 Å². The van der Waals surface area contributed by atoms with Gasteiger partial charge in [-0.3, -0.25) is 4.98 Å². The van der Waals surface area contributed by atoms with E-state index in [9.17, 15) is 0 Å². The van der Waals surface area contributed by atoms with Crippen LogP contribution in [-0.2, 0) is 12.8 Å². The lowest BCUT2D eigenvalue weighted by Gasteiger charge is -2.14. The van der Waals surface area contributed by atoms with E-state index in [4.69, 9.17) is 0 Å². The van der Waals surface area contributed by atoms with Crippen LogP contribution in [0.4, 0.5) is 0 Å². The Kier molecular flexibility index (Phi) is 2.35.